The number of rotatable bonds is 5. The summed E-state index contributed by atoms with van der Waals surface area (Å²) in [5.74, 6) is 0. The molecule has 0 fully saturated rings. The molecular formula is C13H14N4S2. The Morgan fingerprint density at radius 3 is 2.95 bits per heavy atom. The van der Waals surface area contributed by atoms with Gasteiger partial charge in [-0.25, -0.2) is 4.98 Å². The fourth-order valence-corrected chi connectivity index (χ4v) is 3.07. The molecule has 2 aromatic heterocycles. The molecule has 0 aromatic carbocycles. The number of thioether (sulfide) groups is 1. The molecule has 0 aliphatic carbocycles. The first-order chi connectivity index (χ1) is 9.19. The Hall–Kier alpha value is -1.58. The van der Waals surface area contributed by atoms with Gasteiger partial charge in [0.2, 0.25) is 0 Å². The Balaban J connectivity index is 1.87. The average molecular weight is 290 g/mol. The zero-order valence-electron chi connectivity index (χ0n) is 10.8. The molecule has 19 heavy (non-hydrogen) atoms. The average Bonchev–Trinajstić information content (AvgIpc) is 2.73. The van der Waals surface area contributed by atoms with Crippen LogP contribution in [-0.2, 0) is 6.42 Å². The van der Waals surface area contributed by atoms with E-state index in [0.29, 0.717) is 0 Å². The minimum absolute atomic E-state index is 0.814. The molecule has 0 aliphatic heterocycles. The zero-order valence-corrected chi connectivity index (χ0v) is 12.4. The van der Waals surface area contributed by atoms with Crippen LogP contribution in [0, 0.1) is 24.5 Å². The van der Waals surface area contributed by atoms with E-state index in [1.54, 1.807) is 0 Å². The van der Waals surface area contributed by atoms with E-state index < -0.39 is 0 Å². The first kappa shape index (κ1) is 13.8. The third kappa shape index (κ3) is 3.94. The minimum Gasteiger partial charge on any atom is -0.361 e. The topological polar surface area (TPSA) is 61.6 Å². The highest BCUT2D eigenvalue weighted by Gasteiger charge is 2.07. The summed E-state index contributed by atoms with van der Waals surface area (Å²) in [5, 5.41) is 14.9. The maximum absolute atomic E-state index is 8.67. The molecule has 2 heterocycles. The van der Waals surface area contributed by atoms with Crippen molar-refractivity contribution in [2.75, 3.05) is 11.9 Å². The fraction of sp³-hybridized carbons (Fsp3) is 0.308. The number of aromatic nitrogens is 2. The summed E-state index contributed by atoms with van der Waals surface area (Å²) in [5.41, 5.74) is 3.15. The van der Waals surface area contributed by atoms with Crippen molar-refractivity contribution in [3.05, 3.63) is 35.3 Å². The second-order valence-corrected chi connectivity index (χ2v) is 6.12. The Morgan fingerprint density at radius 1 is 1.42 bits per heavy atom. The molecular weight excluding hydrogens is 276 g/mol. The number of nitrogens with zero attached hydrogens (tertiary/aromatic N) is 3. The molecule has 2 rings (SSSR count). The number of hydrogen-bond donors (Lipinski definition) is 1. The molecule has 2 aromatic rings. The van der Waals surface area contributed by atoms with Crippen molar-refractivity contribution in [1.29, 1.82) is 5.26 Å². The molecule has 0 aliphatic rings. The van der Waals surface area contributed by atoms with Crippen molar-refractivity contribution in [3.63, 3.8) is 0 Å². The second-order valence-electron chi connectivity index (χ2n) is 4.07. The standard InChI is InChI=1S/C13H14N4S2/c1-9-3-4-11(7-16-9)5-6-15-13-17-10(2)12(19-13)18-8-14/h3-4,7H,5-6H2,1-2H3,(H,15,17). The lowest BCUT2D eigenvalue weighted by atomic mass is 10.2. The molecule has 0 saturated carbocycles. The maximum Gasteiger partial charge on any atom is 0.184 e. The molecule has 0 radical (unpaired) electrons. The number of nitrogens with one attached hydrogen (secondary N) is 1. The fourth-order valence-electron chi connectivity index (χ4n) is 1.55. The van der Waals surface area contributed by atoms with E-state index >= 15 is 0 Å². The SMILES string of the molecule is Cc1ccc(CCNc2nc(C)c(SC#N)s2)cn1. The number of pyridine rings is 1. The van der Waals surface area contributed by atoms with Crippen molar-refractivity contribution in [1.82, 2.24) is 9.97 Å². The molecule has 0 bridgehead atoms. The van der Waals surface area contributed by atoms with Gasteiger partial charge in [0.25, 0.3) is 0 Å². The summed E-state index contributed by atoms with van der Waals surface area (Å²) in [6.45, 7) is 4.72. The van der Waals surface area contributed by atoms with Crippen LogP contribution >= 0.6 is 23.1 Å². The van der Waals surface area contributed by atoms with E-state index in [9.17, 15) is 0 Å². The lowest BCUT2D eigenvalue weighted by Crippen LogP contribution is -2.04. The predicted octanol–water partition coefficient (Wildman–Crippen LogP) is 3.38. The zero-order chi connectivity index (χ0) is 13.7. The molecule has 4 nitrogen and oxygen atoms in total. The highest BCUT2D eigenvalue weighted by atomic mass is 32.2. The van der Waals surface area contributed by atoms with Crippen LogP contribution in [0.1, 0.15) is 17.0 Å². The van der Waals surface area contributed by atoms with E-state index in [0.717, 1.165) is 33.7 Å². The maximum atomic E-state index is 8.67. The smallest absolute Gasteiger partial charge is 0.184 e. The van der Waals surface area contributed by atoms with Crippen molar-refractivity contribution in [2.24, 2.45) is 0 Å². The summed E-state index contributed by atoms with van der Waals surface area (Å²) in [6.07, 6.45) is 2.81. The first-order valence-corrected chi connectivity index (χ1v) is 7.51. The van der Waals surface area contributed by atoms with E-state index in [4.69, 9.17) is 5.26 Å². The molecule has 98 valence electrons. The summed E-state index contributed by atoms with van der Waals surface area (Å²) >= 11 is 2.69. The van der Waals surface area contributed by atoms with Crippen molar-refractivity contribution < 1.29 is 0 Å². The Labute approximate surface area is 120 Å². The van der Waals surface area contributed by atoms with Gasteiger partial charge in [-0.05, 0) is 31.9 Å². The molecule has 0 spiro atoms. The van der Waals surface area contributed by atoms with Gasteiger partial charge in [0, 0.05) is 30.2 Å². The second kappa shape index (κ2) is 6.55. The van der Waals surface area contributed by atoms with Crippen LogP contribution in [0.25, 0.3) is 0 Å². The Morgan fingerprint density at radius 2 is 2.26 bits per heavy atom. The van der Waals surface area contributed by atoms with Crippen LogP contribution in [-0.4, -0.2) is 16.5 Å². The van der Waals surface area contributed by atoms with Crippen LogP contribution in [0.5, 0.6) is 0 Å². The van der Waals surface area contributed by atoms with Crippen LogP contribution < -0.4 is 5.32 Å². The van der Waals surface area contributed by atoms with E-state index in [1.807, 2.05) is 26.1 Å². The Bertz CT molecular complexity index is 584. The number of thiazole rings is 1. The van der Waals surface area contributed by atoms with Gasteiger partial charge < -0.3 is 5.32 Å². The largest absolute Gasteiger partial charge is 0.361 e. The minimum atomic E-state index is 0.814. The van der Waals surface area contributed by atoms with Crippen LogP contribution in [0.4, 0.5) is 5.13 Å². The summed E-state index contributed by atoms with van der Waals surface area (Å²) in [6, 6.07) is 4.11. The van der Waals surface area contributed by atoms with E-state index in [2.05, 4.69) is 26.8 Å². The van der Waals surface area contributed by atoms with Crippen LogP contribution in [0.3, 0.4) is 0 Å². The summed E-state index contributed by atoms with van der Waals surface area (Å²) in [4.78, 5) is 8.66. The molecule has 0 atom stereocenters. The van der Waals surface area contributed by atoms with Gasteiger partial charge in [0.05, 0.1) is 9.90 Å². The number of hydrogen-bond acceptors (Lipinski definition) is 6. The lowest BCUT2D eigenvalue weighted by molar-refractivity contribution is 0.991. The molecule has 0 saturated heterocycles. The van der Waals surface area contributed by atoms with Crippen LogP contribution in [0.15, 0.2) is 22.5 Å². The number of nitriles is 1. The third-order valence-corrected chi connectivity index (χ3v) is 4.54. The van der Waals surface area contributed by atoms with Gasteiger partial charge in [0.1, 0.15) is 5.40 Å². The lowest BCUT2D eigenvalue weighted by Gasteiger charge is -2.02. The quantitative estimate of drug-likeness (QED) is 0.675. The van der Waals surface area contributed by atoms with Gasteiger partial charge in [-0.3, -0.25) is 4.98 Å². The van der Waals surface area contributed by atoms with Crippen molar-refractivity contribution in [3.8, 4) is 5.40 Å². The highest BCUT2D eigenvalue weighted by Crippen LogP contribution is 2.31. The summed E-state index contributed by atoms with van der Waals surface area (Å²) in [7, 11) is 0. The molecule has 0 unspecified atom stereocenters. The Kier molecular flexibility index (Phi) is 4.77. The van der Waals surface area contributed by atoms with Gasteiger partial charge in [-0.2, -0.15) is 5.26 Å². The molecule has 1 N–H and O–H groups in total. The van der Waals surface area contributed by atoms with Crippen molar-refractivity contribution >= 4 is 28.2 Å². The number of anilines is 1. The van der Waals surface area contributed by atoms with Crippen molar-refractivity contribution in [2.45, 2.75) is 24.5 Å². The summed E-state index contributed by atoms with van der Waals surface area (Å²) < 4.78 is 0.960. The predicted molar refractivity (Wildman–Crippen MR) is 79.5 cm³/mol. The first-order valence-electron chi connectivity index (χ1n) is 5.88. The van der Waals surface area contributed by atoms with Crippen LogP contribution in [0.2, 0.25) is 0 Å². The van der Waals surface area contributed by atoms with Gasteiger partial charge in [-0.15, -0.1) is 0 Å². The third-order valence-electron chi connectivity index (χ3n) is 2.55. The number of thiocyanates is 1. The normalized spacial score (nSPS) is 10.2. The van der Waals surface area contributed by atoms with Gasteiger partial charge in [-0.1, -0.05) is 17.4 Å². The highest BCUT2D eigenvalue weighted by molar-refractivity contribution is 8.05. The van der Waals surface area contributed by atoms with Gasteiger partial charge >= 0.3 is 0 Å². The van der Waals surface area contributed by atoms with Gasteiger partial charge in [0.15, 0.2) is 5.13 Å². The van der Waals surface area contributed by atoms with E-state index in [-0.39, 0.29) is 0 Å². The molecule has 0 amide bonds. The molecule has 6 heteroatoms. The van der Waals surface area contributed by atoms with E-state index in [1.165, 1.54) is 28.7 Å². The monoisotopic (exact) mass is 290 g/mol. The number of aryl methyl sites for hydroxylation is 2.